The second-order valence-corrected chi connectivity index (χ2v) is 4.87. The lowest BCUT2D eigenvalue weighted by atomic mass is 9.99. The van der Waals surface area contributed by atoms with Crippen molar-refractivity contribution in [2.24, 2.45) is 0 Å². The number of methoxy groups -OCH3 is 2. The maximum atomic E-state index is 12.2. The number of hydrogen-bond donors (Lipinski definition) is 1. The van der Waals surface area contributed by atoms with E-state index in [4.69, 9.17) is 18.9 Å². The number of ether oxygens (including phenoxy) is 4. The molecule has 0 amide bonds. The van der Waals surface area contributed by atoms with Gasteiger partial charge >= 0.3 is 5.97 Å². The highest BCUT2D eigenvalue weighted by Crippen LogP contribution is 2.26. The van der Waals surface area contributed by atoms with Crippen LogP contribution in [0.3, 0.4) is 0 Å². The van der Waals surface area contributed by atoms with Crippen LogP contribution in [0.1, 0.15) is 17.3 Å². The number of carbonyl (C=O) groups is 1. The Morgan fingerprint density at radius 2 is 1.71 bits per heavy atom. The highest BCUT2D eigenvalue weighted by atomic mass is 16.7. The first-order valence-corrected chi connectivity index (χ1v) is 6.73. The van der Waals surface area contributed by atoms with Crippen LogP contribution in [0.5, 0.6) is 0 Å². The average Bonchev–Trinajstić information content (AvgIpc) is 2.50. The smallest absolute Gasteiger partial charge is 0.338 e. The maximum Gasteiger partial charge on any atom is 0.338 e. The third-order valence-electron chi connectivity index (χ3n) is 3.54. The molecule has 1 N–H and O–H groups in total. The van der Waals surface area contributed by atoms with Gasteiger partial charge in [-0.3, -0.25) is 0 Å². The summed E-state index contributed by atoms with van der Waals surface area (Å²) in [4.78, 5) is 12.2. The second-order valence-electron chi connectivity index (χ2n) is 4.87. The van der Waals surface area contributed by atoms with E-state index in [-0.39, 0.29) is 0 Å². The van der Waals surface area contributed by atoms with Gasteiger partial charge in [-0.1, -0.05) is 18.2 Å². The average molecular weight is 296 g/mol. The van der Waals surface area contributed by atoms with E-state index >= 15 is 0 Å². The summed E-state index contributed by atoms with van der Waals surface area (Å²) in [7, 11) is 2.92. The molecule has 1 aliphatic heterocycles. The molecule has 0 bridgehead atoms. The lowest BCUT2D eigenvalue weighted by molar-refractivity contribution is -0.286. The van der Waals surface area contributed by atoms with Crippen LogP contribution in [0.4, 0.5) is 0 Å². The van der Waals surface area contributed by atoms with Crippen LogP contribution < -0.4 is 0 Å². The molecule has 5 atom stereocenters. The van der Waals surface area contributed by atoms with Gasteiger partial charge in [-0.25, -0.2) is 4.79 Å². The van der Waals surface area contributed by atoms with Gasteiger partial charge in [-0.2, -0.15) is 0 Å². The molecule has 1 aromatic rings. The van der Waals surface area contributed by atoms with E-state index in [1.54, 1.807) is 31.2 Å². The maximum absolute atomic E-state index is 12.2. The van der Waals surface area contributed by atoms with Gasteiger partial charge in [0.15, 0.2) is 12.4 Å². The van der Waals surface area contributed by atoms with Crippen molar-refractivity contribution in [3.63, 3.8) is 0 Å². The number of rotatable bonds is 4. The summed E-state index contributed by atoms with van der Waals surface area (Å²) in [5.74, 6) is -0.468. The van der Waals surface area contributed by atoms with Crippen molar-refractivity contribution in [3.05, 3.63) is 35.9 Å². The Balaban J connectivity index is 2.14. The molecule has 1 saturated heterocycles. The predicted octanol–water partition coefficient (Wildman–Crippen LogP) is 0.979. The molecule has 1 aromatic carbocycles. The molecule has 1 aliphatic rings. The fraction of sp³-hybridized carbons (Fsp3) is 0.533. The first-order valence-electron chi connectivity index (χ1n) is 6.73. The van der Waals surface area contributed by atoms with Crippen molar-refractivity contribution in [2.45, 2.75) is 37.6 Å². The zero-order valence-corrected chi connectivity index (χ0v) is 12.3. The minimum absolute atomic E-state index is 0.444. The third kappa shape index (κ3) is 3.41. The van der Waals surface area contributed by atoms with Crippen LogP contribution in [-0.4, -0.2) is 56.0 Å². The molecule has 21 heavy (non-hydrogen) atoms. The molecule has 6 nitrogen and oxygen atoms in total. The van der Waals surface area contributed by atoms with Crippen LogP contribution >= 0.6 is 0 Å². The van der Waals surface area contributed by atoms with Crippen LogP contribution in [0.25, 0.3) is 0 Å². The van der Waals surface area contributed by atoms with Crippen molar-refractivity contribution in [3.8, 4) is 0 Å². The van der Waals surface area contributed by atoms with Gasteiger partial charge in [-0.05, 0) is 19.1 Å². The zero-order valence-electron chi connectivity index (χ0n) is 12.3. The van der Waals surface area contributed by atoms with Crippen LogP contribution in [-0.2, 0) is 18.9 Å². The van der Waals surface area contributed by atoms with E-state index in [1.807, 2.05) is 6.07 Å². The van der Waals surface area contributed by atoms with Gasteiger partial charge in [0.05, 0.1) is 11.7 Å². The van der Waals surface area contributed by atoms with Crippen molar-refractivity contribution < 1.29 is 28.8 Å². The van der Waals surface area contributed by atoms with E-state index < -0.39 is 36.7 Å². The molecule has 0 saturated carbocycles. The van der Waals surface area contributed by atoms with Crippen molar-refractivity contribution in [1.82, 2.24) is 0 Å². The molecule has 0 unspecified atom stereocenters. The Morgan fingerprint density at radius 1 is 1.10 bits per heavy atom. The normalized spacial score (nSPS) is 32.7. The molecule has 6 heteroatoms. The number of carbonyl (C=O) groups excluding carboxylic acids is 1. The third-order valence-corrected chi connectivity index (χ3v) is 3.54. The molecular weight excluding hydrogens is 276 g/mol. The van der Waals surface area contributed by atoms with E-state index in [0.717, 1.165) is 0 Å². The lowest BCUT2D eigenvalue weighted by Gasteiger charge is -2.41. The van der Waals surface area contributed by atoms with E-state index in [1.165, 1.54) is 14.2 Å². The summed E-state index contributed by atoms with van der Waals surface area (Å²) in [6, 6.07) is 8.67. The lowest BCUT2D eigenvalue weighted by Crippen LogP contribution is -2.59. The largest absolute Gasteiger partial charge is 0.453 e. The second kappa shape index (κ2) is 7.00. The number of aliphatic hydroxyl groups is 1. The number of hydrogen-bond acceptors (Lipinski definition) is 6. The van der Waals surface area contributed by atoms with Crippen LogP contribution in [0.15, 0.2) is 30.3 Å². The van der Waals surface area contributed by atoms with Gasteiger partial charge in [0.1, 0.15) is 12.2 Å². The zero-order chi connectivity index (χ0) is 15.4. The molecule has 2 rings (SSSR count). The summed E-state index contributed by atoms with van der Waals surface area (Å²) >= 11 is 0. The first kappa shape index (κ1) is 15.9. The van der Waals surface area contributed by atoms with Crippen molar-refractivity contribution in [1.29, 1.82) is 0 Å². The molecule has 1 fully saturated rings. The summed E-state index contributed by atoms with van der Waals surface area (Å²) in [6.45, 7) is 1.71. The van der Waals surface area contributed by atoms with Crippen molar-refractivity contribution >= 4 is 5.97 Å². The fourth-order valence-corrected chi connectivity index (χ4v) is 2.44. The Labute approximate surface area is 123 Å². The number of aliphatic hydroxyl groups excluding tert-OH is 1. The number of esters is 1. The summed E-state index contributed by atoms with van der Waals surface area (Å²) in [5.41, 5.74) is 0.444. The predicted molar refractivity (Wildman–Crippen MR) is 73.8 cm³/mol. The molecule has 0 radical (unpaired) electrons. The molecule has 116 valence electrons. The van der Waals surface area contributed by atoms with E-state index in [9.17, 15) is 9.90 Å². The van der Waals surface area contributed by atoms with Gasteiger partial charge in [0, 0.05) is 14.2 Å². The van der Waals surface area contributed by atoms with Crippen LogP contribution in [0.2, 0.25) is 0 Å². The number of benzene rings is 1. The molecular formula is C15H20O6. The van der Waals surface area contributed by atoms with Gasteiger partial charge in [0.2, 0.25) is 0 Å². The quantitative estimate of drug-likeness (QED) is 0.835. The topological polar surface area (TPSA) is 74.2 Å². The van der Waals surface area contributed by atoms with Gasteiger partial charge < -0.3 is 24.1 Å². The van der Waals surface area contributed by atoms with Gasteiger partial charge in [0.25, 0.3) is 0 Å². The van der Waals surface area contributed by atoms with Crippen molar-refractivity contribution in [2.75, 3.05) is 14.2 Å². The first-order chi connectivity index (χ1) is 10.1. The molecule has 1 heterocycles. The summed E-state index contributed by atoms with van der Waals surface area (Å²) < 4.78 is 21.4. The molecule has 0 spiro atoms. The Bertz CT molecular complexity index is 462. The van der Waals surface area contributed by atoms with Gasteiger partial charge in [-0.15, -0.1) is 0 Å². The highest BCUT2D eigenvalue weighted by Gasteiger charge is 2.46. The minimum Gasteiger partial charge on any atom is -0.453 e. The van der Waals surface area contributed by atoms with E-state index in [0.29, 0.717) is 5.56 Å². The Hall–Kier alpha value is -1.47. The highest BCUT2D eigenvalue weighted by molar-refractivity contribution is 5.89. The molecule has 0 aliphatic carbocycles. The Morgan fingerprint density at radius 3 is 2.29 bits per heavy atom. The van der Waals surface area contributed by atoms with Crippen LogP contribution in [0, 0.1) is 0 Å². The molecule has 0 aromatic heterocycles. The monoisotopic (exact) mass is 296 g/mol. The minimum atomic E-state index is -1.12. The van der Waals surface area contributed by atoms with E-state index in [2.05, 4.69) is 0 Å². The summed E-state index contributed by atoms with van der Waals surface area (Å²) in [6.07, 6.45) is -3.64. The summed E-state index contributed by atoms with van der Waals surface area (Å²) in [5, 5.41) is 9.84. The SMILES string of the molecule is CO[C@@H]1[C@H](OC(=O)c2ccccc2)[C@@H](C)O[C@H](O)[C@H]1OC. The standard InChI is InChI=1S/C15H20O6/c1-9-11(12(18-2)13(19-3)15(17)20-9)21-14(16)10-7-5-4-6-8-10/h4-9,11-13,15,17H,1-3H3/t9-,11-,12-,13+,15+/m1/s1. The fourth-order valence-electron chi connectivity index (χ4n) is 2.44. The Kier molecular flexibility index (Phi) is 5.30.